The molecule has 0 spiro atoms. The number of nitrogens with zero attached hydrogens (tertiary/aromatic N) is 4. The van der Waals surface area contributed by atoms with E-state index in [2.05, 4.69) is 22.1 Å². The standard InChI is InChI=1S/C15H20N4O2/c1-11-15(19(20)21)12(2)18(16-11)10-14-7-5-13(6-8-14)9-17(3)4/h5-8H,9-10H2,1-4H3. The highest BCUT2D eigenvalue weighted by Gasteiger charge is 2.21. The first kappa shape index (κ1) is 15.2. The highest BCUT2D eigenvalue weighted by Crippen LogP contribution is 2.22. The molecule has 0 aliphatic rings. The van der Waals surface area contributed by atoms with E-state index in [4.69, 9.17) is 0 Å². The Hall–Kier alpha value is -2.21. The van der Waals surface area contributed by atoms with Crippen LogP contribution in [0.3, 0.4) is 0 Å². The van der Waals surface area contributed by atoms with Gasteiger partial charge in [0, 0.05) is 6.54 Å². The molecule has 6 nitrogen and oxygen atoms in total. The van der Waals surface area contributed by atoms with E-state index < -0.39 is 0 Å². The number of benzene rings is 1. The Kier molecular flexibility index (Phi) is 4.37. The Labute approximate surface area is 124 Å². The first-order valence-electron chi connectivity index (χ1n) is 6.79. The number of nitro groups is 1. The minimum atomic E-state index is -0.367. The van der Waals surface area contributed by atoms with Crippen molar-refractivity contribution in [1.29, 1.82) is 0 Å². The highest BCUT2D eigenvalue weighted by atomic mass is 16.6. The fraction of sp³-hybridized carbons (Fsp3) is 0.400. The SMILES string of the molecule is Cc1nn(Cc2ccc(CN(C)C)cc2)c(C)c1[N+](=O)[O-]. The van der Waals surface area contributed by atoms with Gasteiger partial charge in [0.25, 0.3) is 0 Å². The van der Waals surface area contributed by atoms with Gasteiger partial charge < -0.3 is 4.90 Å². The van der Waals surface area contributed by atoms with Gasteiger partial charge in [-0.3, -0.25) is 14.8 Å². The molecule has 2 rings (SSSR count). The zero-order valence-corrected chi connectivity index (χ0v) is 12.8. The van der Waals surface area contributed by atoms with Gasteiger partial charge in [-0.2, -0.15) is 5.10 Å². The molecule has 0 amide bonds. The van der Waals surface area contributed by atoms with Gasteiger partial charge >= 0.3 is 5.69 Å². The van der Waals surface area contributed by atoms with Crippen LogP contribution >= 0.6 is 0 Å². The summed E-state index contributed by atoms with van der Waals surface area (Å²) in [6.07, 6.45) is 0. The van der Waals surface area contributed by atoms with Gasteiger partial charge in [-0.15, -0.1) is 0 Å². The zero-order valence-electron chi connectivity index (χ0n) is 12.8. The van der Waals surface area contributed by atoms with Gasteiger partial charge in [-0.1, -0.05) is 24.3 Å². The van der Waals surface area contributed by atoms with E-state index >= 15 is 0 Å². The maximum atomic E-state index is 11.0. The van der Waals surface area contributed by atoms with Crippen LogP contribution in [0.25, 0.3) is 0 Å². The van der Waals surface area contributed by atoms with E-state index in [-0.39, 0.29) is 10.6 Å². The summed E-state index contributed by atoms with van der Waals surface area (Å²) in [4.78, 5) is 12.7. The molecule has 112 valence electrons. The first-order chi connectivity index (χ1) is 9.88. The fourth-order valence-electron chi connectivity index (χ4n) is 2.39. The summed E-state index contributed by atoms with van der Waals surface area (Å²) in [6.45, 7) is 4.84. The van der Waals surface area contributed by atoms with Crippen LogP contribution in [0, 0.1) is 24.0 Å². The molecule has 0 radical (unpaired) electrons. The third-order valence-corrected chi connectivity index (χ3v) is 3.38. The molecule has 1 heterocycles. The number of rotatable bonds is 5. The third kappa shape index (κ3) is 3.46. The van der Waals surface area contributed by atoms with Crippen LogP contribution in [0.5, 0.6) is 0 Å². The molecule has 0 N–H and O–H groups in total. The van der Waals surface area contributed by atoms with Crippen LogP contribution in [0.4, 0.5) is 5.69 Å². The Morgan fingerprint density at radius 1 is 1.19 bits per heavy atom. The monoisotopic (exact) mass is 288 g/mol. The summed E-state index contributed by atoms with van der Waals surface area (Å²) in [5.41, 5.74) is 3.48. The van der Waals surface area contributed by atoms with Gasteiger partial charge in [-0.05, 0) is 39.1 Å². The molecule has 1 aromatic heterocycles. The van der Waals surface area contributed by atoms with E-state index in [1.54, 1.807) is 18.5 Å². The van der Waals surface area contributed by atoms with Crippen molar-refractivity contribution < 1.29 is 4.92 Å². The number of hydrogen-bond acceptors (Lipinski definition) is 4. The van der Waals surface area contributed by atoms with Crippen molar-refractivity contribution in [3.8, 4) is 0 Å². The van der Waals surface area contributed by atoms with Gasteiger partial charge in [0.2, 0.25) is 0 Å². The minimum absolute atomic E-state index is 0.110. The van der Waals surface area contributed by atoms with Gasteiger partial charge in [0.15, 0.2) is 0 Å². The first-order valence-corrected chi connectivity index (χ1v) is 6.79. The summed E-state index contributed by atoms with van der Waals surface area (Å²) in [5.74, 6) is 0. The Morgan fingerprint density at radius 3 is 2.24 bits per heavy atom. The Bertz CT molecular complexity index is 644. The topological polar surface area (TPSA) is 64.2 Å². The fourth-order valence-corrected chi connectivity index (χ4v) is 2.39. The van der Waals surface area contributed by atoms with E-state index in [1.807, 2.05) is 26.2 Å². The summed E-state index contributed by atoms with van der Waals surface area (Å²) in [5, 5.41) is 15.3. The Balaban J connectivity index is 2.19. The van der Waals surface area contributed by atoms with Crippen molar-refractivity contribution in [3.05, 3.63) is 56.9 Å². The molecule has 2 aromatic rings. The molecule has 0 fully saturated rings. The molecule has 0 aliphatic carbocycles. The molecule has 6 heteroatoms. The molecular formula is C15H20N4O2. The molecule has 0 saturated carbocycles. The van der Waals surface area contributed by atoms with E-state index in [0.29, 0.717) is 17.9 Å². The van der Waals surface area contributed by atoms with Crippen LogP contribution < -0.4 is 0 Å². The van der Waals surface area contributed by atoms with Crippen LogP contribution in [0.15, 0.2) is 24.3 Å². The molecule has 0 atom stereocenters. The van der Waals surface area contributed by atoms with E-state index in [9.17, 15) is 10.1 Å². The lowest BCUT2D eigenvalue weighted by Gasteiger charge is -2.10. The van der Waals surface area contributed by atoms with Gasteiger partial charge in [0.05, 0.1) is 11.5 Å². The average molecular weight is 288 g/mol. The number of hydrogen-bond donors (Lipinski definition) is 0. The number of aryl methyl sites for hydroxylation is 1. The molecule has 0 bridgehead atoms. The number of aromatic nitrogens is 2. The second-order valence-corrected chi connectivity index (χ2v) is 5.49. The van der Waals surface area contributed by atoms with Crippen molar-refractivity contribution in [1.82, 2.24) is 14.7 Å². The van der Waals surface area contributed by atoms with Crippen LogP contribution in [0.2, 0.25) is 0 Å². The normalized spacial score (nSPS) is 11.1. The smallest absolute Gasteiger partial charge is 0.305 e. The van der Waals surface area contributed by atoms with Crippen molar-refractivity contribution >= 4 is 5.69 Å². The highest BCUT2D eigenvalue weighted by molar-refractivity contribution is 5.40. The molecule has 21 heavy (non-hydrogen) atoms. The van der Waals surface area contributed by atoms with Crippen molar-refractivity contribution in [2.24, 2.45) is 0 Å². The van der Waals surface area contributed by atoms with Crippen LogP contribution in [-0.2, 0) is 13.1 Å². The van der Waals surface area contributed by atoms with Crippen molar-refractivity contribution in [3.63, 3.8) is 0 Å². The van der Waals surface area contributed by atoms with E-state index in [0.717, 1.165) is 12.1 Å². The predicted octanol–water partition coefficient (Wildman–Crippen LogP) is 2.52. The van der Waals surface area contributed by atoms with Gasteiger partial charge in [0.1, 0.15) is 11.4 Å². The second-order valence-electron chi connectivity index (χ2n) is 5.49. The maximum Gasteiger partial charge on any atom is 0.312 e. The summed E-state index contributed by atoms with van der Waals surface area (Å²) in [7, 11) is 4.06. The van der Waals surface area contributed by atoms with Gasteiger partial charge in [-0.25, -0.2) is 0 Å². The second kappa shape index (κ2) is 6.05. The van der Waals surface area contributed by atoms with Crippen molar-refractivity contribution in [2.75, 3.05) is 14.1 Å². The zero-order chi connectivity index (χ0) is 15.6. The maximum absolute atomic E-state index is 11.0. The third-order valence-electron chi connectivity index (χ3n) is 3.38. The minimum Gasteiger partial charge on any atom is -0.305 e. The summed E-state index contributed by atoms with van der Waals surface area (Å²) in [6, 6.07) is 8.24. The quantitative estimate of drug-likeness (QED) is 0.626. The Morgan fingerprint density at radius 2 is 1.76 bits per heavy atom. The lowest BCUT2D eigenvalue weighted by atomic mass is 10.1. The lowest BCUT2D eigenvalue weighted by molar-refractivity contribution is -0.386. The summed E-state index contributed by atoms with van der Waals surface area (Å²) >= 11 is 0. The molecular weight excluding hydrogens is 268 g/mol. The molecule has 0 unspecified atom stereocenters. The van der Waals surface area contributed by atoms with Crippen LogP contribution in [-0.4, -0.2) is 33.7 Å². The van der Waals surface area contributed by atoms with Crippen molar-refractivity contribution in [2.45, 2.75) is 26.9 Å². The average Bonchev–Trinajstić information content (AvgIpc) is 2.66. The molecule has 0 aliphatic heterocycles. The summed E-state index contributed by atoms with van der Waals surface area (Å²) < 4.78 is 1.69. The largest absolute Gasteiger partial charge is 0.312 e. The molecule has 1 aromatic carbocycles. The van der Waals surface area contributed by atoms with Crippen LogP contribution in [0.1, 0.15) is 22.5 Å². The predicted molar refractivity (Wildman–Crippen MR) is 81.3 cm³/mol. The molecule has 0 saturated heterocycles. The van der Waals surface area contributed by atoms with E-state index in [1.165, 1.54) is 5.56 Å². The lowest BCUT2D eigenvalue weighted by Crippen LogP contribution is -2.10.